The van der Waals surface area contributed by atoms with Crippen LogP contribution in [0.15, 0.2) is 48.5 Å². The minimum absolute atomic E-state index is 0.0662. The lowest BCUT2D eigenvalue weighted by molar-refractivity contribution is -0.139. The van der Waals surface area contributed by atoms with E-state index < -0.39 is 18.0 Å². The first kappa shape index (κ1) is 18.9. The Labute approximate surface area is 157 Å². The third kappa shape index (κ3) is 4.45. The van der Waals surface area contributed by atoms with Crippen LogP contribution in [-0.2, 0) is 21.5 Å². The van der Waals surface area contributed by atoms with Gasteiger partial charge in [0.15, 0.2) is 6.61 Å². The van der Waals surface area contributed by atoms with Gasteiger partial charge in [0.05, 0.1) is 5.41 Å². The molecule has 0 unspecified atom stereocenters. The fourth-order valence-electron chi connectivity index (χ4n) is 3.64. The van der Waals surface area contributed by atoms with E-state index in [4.69, 9.17) is 9.84 Å². The van der Waals surface area contributed by atoms with Gasteiger partial charge in [-0.3, -0.25) is 4.79 Å². The summed E-state index contributed by atoms with van der Waals surface area (Å²) in [7, 11) is 0. The summed E-state index contributed by atoms with van der Waals surface area (Å²) in [4.78, 5) is 23.6. The highest BCUT2D eigenvalue weighted by Gasteiger charge is 2.42. The Hall–Kier alpha value is -2.89. The summed E-state index contributed by atoms with van der Waals surface area (Å²) in [5.41, 5.74) is 1.04. The lowest BCUT2D eigenvalue weighted by Crippen LogP contribution is -2.42. The molecule has 0 atom stereocenters. The van der Waals surface area contributed by atoms with Crippen molar-refractivity contribution in [3.63, 3.8) is 0 Å². The van der Waals surface area contributed by atoms with Crippen LogP contribution in [0.25, 0.3) is 0 Å². The van der Waals surface area contributed by atoms with Gasteiger partial charge in [-0.25, -0.2) is 9.18 Å². The largest absolute Gasteiger partial charge is 0.482 e. The second-order valence-electron chi connectivity index (χ2n) is 6.81. The molecular weight excluding hydrogens is 349 g/mol. The van der Waals surface area contributed by atoms with Crippen LogP contribution in [-0.4, -0.2) is 23.6 Å². The number of carboxylic acid groups (broad SMARTS) is 1. The van der Waals surface area contributed by atoms with E-state index in [-0.39, 0.29) is 11.7 Å². The average molecular weight is 371 g/mol. The third-order valence-corrected chi connectivity index (χ3v) is 5.00. The number of halogens is 1. The van der Waals surface area contributed by atoms with Crippen LogP contribution in [0.4, 0.5) is 4.39 Å². The summed E-state index contributed by atoms with van der Waals surface area (Å²) >= 11 is 0. The lowest BCUT2D eigenvalue weighted by Gasteiger charge is -2.28. The van der Waals surface area contributed by atoms with E-state index in [1.165, 1.54) is 12.1 Å². The molecule has 142 valence electrons. The molecule has 1 saturated carbocycles. The van der Waals surface area contributed by atoms with E-state index in [9.17, 15) is 14.0 Å². The van der Waals surface area contributed by atoms with Gasteiger partial charge in [0.25, 0.3) is 0 Å². The smallest absolute Gasteiger partial charge is 0.341 e. The Morgan fingerprint density at radius 3 is 2.48 bits per heavy atom. The molecular formula is C21H22FNO4. The molecule has 3 rings (SSSR count). The van der Waals surface area contributed by atoms with E-state index in [0.717, 1.165) is 36.8 Å². The minimum atomic E-state index is -1.05. The van der Waals surface area contributed by atoms with Crippen molar-refractivity contribution in [3.8, 4) is 5.75 Å². The number of carboxylic acids is 1. The van der Waals surface area contributed by atoms with Crippen LogP contribution in [0, 0.1) is 5.82 Å². The molecule has 0 saturated heterocycles. The average Bonchev–Trinajstić information content (AvgIpc) is 3.16. The minimum Gasteiger partial charge on any atom is -0.482 e. The number of hydrogen-bond donors (Lipinski definition) is 2. The monoisotopic (exact) mass is 371 g/mol. The Morgan fingerprint density at radius 2 is 1.81 bits per heavy atom. The number of benzene rings is 2. The summed E-state index contributed by atoms with van der Waals surface area (Å²) in [5.74, 6) is -0.983. The maximum Gasteiger partial charge on any atom is 0.341 e. The van der Waals surface area contributed by atoms with Crippen molar-refractivity contribution in [2.45, 2.75) is 37.6 Å². The van der Waals surface area contributed by atoms with Crippen molar-refractivity contribution < 1.29 is 23.8 Å². The van der Waals surface area contributed by atoms with Gasteiger partial charge in [0.2, 0.25) is 5.91 Å². The number of aliphatic carboxylic acids is 1. The highest BCUT2D eigenvalue weighted by Crippen LogP contribution is 2.41. The van der Waals surface area contributed by atoms with Crippen LogP contribution < -0.4 is 10.1 Å². The van der Waals surface area contributed by atoms with E-state index in [1.807, 2.05) is 6.07 Å². The molecule has 1 fully saturated rings. The first-order valence-corrected chi connectivity index (χ1v) is 8.97. The van der Waals surface area contributed by atoms with Gasteiger partial charge in [-0.1, -0.05) is 37.1 Å². The van der Waals surface area contributed by atoms with E-state index in [1.54, 1.807) is 30.3 Å². The molecule has 0 radical (unpaired) electrons. The zero-order valence-electron chi connectivity index (χ0n) is 14.9. The second-order valence-corrected chi connectivity index (χ2v) is 6.81. The van der Waals surface area contributed by atoms with Crippen LogP contribution >= 0.6 is 0 Å². The van der Waals surface area contributed by atoms with E-state index in [0.29, 0.717) is 12.3 Å². The maximum absolute atomic E-state index is 13.3. The Morgan fingerprint density at radius 1 is 1.11 bits per heavy atom. The van der Waals surface area contributed by atoms with Crippen molar-refractivity contribution >= 4 is 11.9 Å². The van der Waals surface area contributed by atoms with Gasteiger partial charge in [-0.05, 0) is 48.2 Å². The maximum atomic E-state index is 13.3. The standard InChI is InChI=1S/C21H22FNO4/c22-17-8-6-16(7-9-17)21(10-1-2-11-21)20(26)23-13-15-4-3-5-18(12-15)27-14-19(24)25/h3-9,12H,1-2,10-11,13-14H2,(H,23,26)(H,24,25). The zero-order chi connectivity index (χ0) is 19.3. The molecule has 0 spiro atoms. The first-order valence-electron chi connectivity index (χ1n) is 8.97. The molecule has 1 amide bonds. The van der Waals surface area contributed by atoms with Crippen LogP contribution in [0.2, 0.25) is 0 Å². The van der Waals surface area contributed by atoms with Crippen molar-refractivity contribution in [3.05, 3.63) is 65.5 Å². The number of nitrogens with one attached hydrogen (secondary N) is 1. The third-order valence-electron chi connectivity index (χ3n) is 5.00. The quantitative estimate of drug-likeness (QED) is 0.782. The summed E-state index contributed by atoms with van der Waals surface area (Å²) in [6.45, 7) is -0.102. The molecule has 5 nitrogen and oxygen atoms in total. The Balaban J connectivity index is 1.69. The van der Waals surface area contributed by atoms with Gasteiger partial charge >= 0.3 is 5.97 Å². The van der Waals surface area contributed by atoms with Crippen molar-refractivity contribution in [2.24, 2.45) is 0 Å². The number of carbonyl (C=O) groups excluding carboxylic acids is 1. The normalized spacial score (nSPS) is 15.3. The second kappa shape index (κ2) is 8.20. The number of amides is 1. The topological polar surface area (TPSA) is 75.6 Å². The number of carbonyl (C=O) groups is 2. The molecule has 27 heavy (non-hydrogen) atoms. The predicted octanol–water partition coefficient (Wildman–Crippen LogP) is 3.42. The molecule has 1 aliphatic carbocycles. The zero-order valence-corrected chi connectivity index (χ0v) is 14.9. The summed E-state index contributed by atoms with van der Waals surface area (Å²) in [5, 5.41) is 11.7. The van der Waals surface area contributed by atoms with Crippen molar-refractivity contribution in [1.82, 2.24) is 5.32 Å². The lowest BCUT2D eigenvalue weighted by atomic mass is 9.78. The van der Waals surface area contributed by atoms with Gasteiger partial charge < -0.3 is 15.2 Å². The number of hydrogen-bond acceptors (Lipinski definition) is 3. The predicted molar refractivity (Wildman–Crippen MR) is 98.0 cm³/mol. The first-order chi connectivity index (χ1) is 13.0. The van der Waals surface area contributed by atoms with Crippen LogP contribution in [0.5, 0.6) is 5.75 Å². The molecule has 6 heteroatoms. The molecule has 0 heterocycles. The van der Waals surface area contributed by atoms with Crippen LogP contribution in [0.1, 0.15) is 36.8 Å². The molecule has 0 aliphatic heterocycles. The fraction of sp³-hybridized carbons (Fsp3) is 0.333. The number of ether oxygens (including phenoxy) is 1. The van der Waals surface area contributed by atoms with E-state index in [2.05, 4.69) is 5.32 Å². The SMILES string of the molecule is O=C(O)COc1cccc(CNC(=O)C2(c3ccc(F)cc3)CCCC2)c1. The van der Waals surface area contributed by atoms with Gasteiger partial charge in [0, 0.05) is 6.54 Å². The van der Waals surface area contributed by atoms with Crippen LogP contribution in [0.3, 0.4) is 0 Å². The van der Waals surface area contributed by atoms with Gasteiger partial charge in [-0.15, -0.1) is 0 Å². The molecule has 2 N–H and O–H groups in total. The van der Waals surface area contributed by atoms with Crippen molar-refractivity contribution in [1.29, 1.82) is 0 Å². The fourth-order valence-corrected chi connectivity index (χ4v) is 3.64. The summed E-state index contributed by atoms with van der Waals surface area (Å²) in [6.07, 6.45) is 3.41. The highest BCUT2D eigenvalue weighted by molar-refractivity contribution is 5.88. The Kier molecular flexibility index (Phi) is 5.74. The molecule has 1 aliphatic rings. The van der Waals surface area contributed by atoms with Gasteiger partial charge in [0.1, 0.15) is 11.6 Å². The molecule has 0 bridgehead atoms. The molecule has 2 aromatic carbocycles. The van der Waals surface area contributed by atoms with Crippen molar-refractivity contribution in [2.75, 3.05) is 6.61 Å². The highest BCUT2D eigenvalue weighted by atomic mass is 19.1. The van der Waals surface area contributed by atoms with E-state index >= 15 is 0 Å². The number of rotatable bonds is 7. The molecule has 2 aromatic rings. The summed E-state index contributed by atoms with van der Waals surface area (Å²) in [6, 6.07) is 13.2. The van der Waals surface area contributed by atoms with Gasteiger partial charge in [-0.2, -0.15) is 0 Å². The Bertz CT molecular complexity index is 813. The summed E-state index contributed by atoms with van der Waals surface area (Å²) < 4.78 is 18.4. The molecule has 0 aromatic heterocycles.